The molecule has 1 aromatic heterocycles. The van der Waals surface area contributed by atoms with Crippen molar-refractivity contribution in [3.8, 4) is 6.07 Å². The highest BCUT2D eigenvalue weighted by molar-refractivity contribution is 7.12. The summed E-state index contributed by atoms with van der Waals surface area (Å²) in [5.74, 6) is 0. The van der Waals surface area contributed by atoms with Gasteiger partial charge in [0, 0.05) is 28.8 Å². The Hall–Kier alpha value is -0.850. The zero-order chi connectivity index (χ0) is 12.9. The van der Waals surface area contributed by atoms with E-state index >= 15 is 0 Å². The van der Waals surface area contributed by atoms with E-state index in [-0.39, 0.29) is 5.41 Å². The number of nitriles is 1. The number of aryl methyl sites for hydroxylation is 1. The fraction of sp³-hybridized carbons (Fsp3) is 0.643. The van der Waals surface area contributed by atoms with Crippen molar-refractivity contribution in [2.45, 2.75) is 46.6 Å². The van der Waals surface area contributed by atoms with Gasteiger partial charge in [-0.25, -0.2) is 0 Å². The van der Waals surface area contributed by atoms with Crippen molar-refractivity contribution in [2.24, 2.45) is 5.41 Å². The van der Waals surface area contributed by atoms with Crippen LogP contribution in [0.5, 0.6) is 0 Å². The standard InChI is InChI=1S/C14H22N2S/c1-11-6-7-13(17-11)12(2)16-10-14(3,4)8-5-9-15/h6-7,12,16H,5,8,10H2,1-4H3. The third-order valence-corrected chi connectivity index (χ3v) is 4.17. The van der Waals surface area contributed by atoms with Crippen molar-refractivity contribution in [2.75, 3.05) is 6.54 Å². The highest BCUT2D eigenvalue weighted by Crippen LogP contribution is 2.25. The second-order valence-corrected chi connectivity index (χ2v) is 6.69. The van der Waals surface area contributed by atoms with Crippen LogP contribution in [0.2, 0.25) is 0 Å². The number of hydrogen-bond acceptors (Lipinski definition) is 3. The van der Waals surface area contributed by atoms with E-state index in [1.165, 1.54) is 9.75 Å². The molecule has 3 heteroatoms. The van der Waals surface area contributed by atoms with Crippen LogP contribution in [0.25, 0.3) is 0 Å². The van der Waals surface area contributed by atoms with E-state index in [1.807, 2.05) is 11.3 Å². The van der Waals surface area contributed by atoms with Crippen molar-refractivity contribution in [3.05, 3.63) is 21.9 Å². The zero-order valence-corrected chi connectivity index (χ0v) is 12.0. The average molecular weight is 250 g/mol. The zero-order valence-electron chi connectivity index (χ0n) is 11.2. The van der Waals surface area contributed by atoms with Gasteiger partial charge in [0.25, 0.3) is 0 Å². The molecule has 0 spiro atoms. The molecule has 0 radical (unpaired) electrons. The molecule has 0 saturated carbocycles. The lowest BCUT2D eigenvalue weighted by atomic mass is 9.88. The minimum absolute atomic E-state index is 0.191. The van der Waals surface area contributed by atoms with Gasteiger partial charge < -0.3 is 5.32 Å². The first-order valence-electron chi connectivity index (χ1n) is 6.11. The molecule has 0 fully saturated rings. The molecule has 0 aliphatic rings. The molecule has 0 bridgehead atoms. The van der Waals surface area contributed by atoms with E-state index < -0.39 is 0 Å². The van der Waals surface area contributed by atoms with Gasteiger partial charge in [0.1, 0.15) is 0 Å². The number of rotatable bonds is 6. The summed E-state index contributed by atoms with van der Waals surface area (Å²) in [7, 11) is 0. The Morgan fingerprint density at radius 1 is 1.47 bits per heavy atom. The van der Waals surface area contributed by atoms with Crippen LogP contribution >= 0.6 is 11.3 Å². The molecule has 1 atom stereocenters. The summed E-state index contributed by atoms with van der Waals surface area (Å²) in [6, 6.07) is 6.98. The highest BCUT2D eigenvalue weighted by Gasteiger charge is 2.18. The molecule has 0 aliphatic heterocycles. The molecule has 94 valence electrons. The lowest BCUT2D eigenvalue weighted by molar-refractivity contribution is 0.305. The normalized spacial score (nSPS) is 13.4. The fourth-order valence-electron chi connectivity index (χ4n) is 1.70. The maximum atomic E-state index is 8.62. The van der Waals surface area contributed by atoms with Gasteiger partial charge in [0.2, 0.25) is 0 Å². The maximum Gasteiger partial charge on any atom is 0.0621 e. The predicted octanol–water partition coefficient (Wildman–Crippen LogP) is 4.04. The Kier molecular flexibility index (Phi) is 5.17. The minimum Gasteiger partial charge on any atom is -0.309 e. The molecule has 1 rings (SSSR count). The summed E-state index contributed by atoms with van der Waals surface area (Å²) in [6.07, 6.45) is 1.59. The van der Waals surface area contributed by atoms with E-state index in [0.717, 1.165) is 13.0 Å². The quantitative estimate of drug-likeness (QED) is 0.827. The molecular formula is C14H22N2S. The molecule has 0 amide bonds. The van der Waals surface area contributed by atoms with Crippen LogP contribution in [-0.4, -0.2) is 6.54 Å². The van der Waals surface area contributed by atoms with Crippen LogP contribution in [0.1, 0.15) is 49.4 Å². The molecule has 1 heterocycles. The van der Waals surface area contributed by atoms with Gasteiger partial charge in [-0.3, -0.25) is 0 Å². The maximum absolute atomic E-state index is 8.62. The molecule has 0 aromatic carbocycles. The first-order valence-corrected chi connectivity index (χ1v) is 6.93. The lowest BCUT2D eigenvalue weighted by Crippen LogP contribution is -2.31. The minimum atomic E-state index is 0.191. The highest BCUT2D eigenvalue weighted by atomic mass is 32.1. The average Bonchev–Trinajstić information content (AvgIpc) is 2.70. The number of hydrogen-bond donors (Lipinski definition) is 1. The summed E-state index contributed by atoms with van der Waals surface area (Å²) >= 11 is 1.85. The van der Waals surface area contributed by atoms with Gasteiger partial charge in [0.05, 0.1) is 6.07 Å². The number of nitrogens with zero attached hydrogens (tertiary/aromatic N) is 1. The van der Waals surface area contributed by atoms with Crippen LogP contribution in [0.4, 0.5) is 0 Å². The largest absolute Gasteiger partial charge is 0.309 e. The molecule has 0 aliphatic carbocycles. The Morgan fingerprint density at radius 2 is 2.18 bits per heavy atom. The van der Waals surface area contributed by atoms with Gasteiger partial charge in [-0.2, -0.15) is 5.26 Å². The Bertz CT molecular complexity index is 387. The topological polar surface area (TPSA) is 35.8 Å². The Balaban J connectivity index is 2.42. The van der Waals surface area contributed by atoms with E-state index in [4.69, 9.17) is 5.26 Å². The second kappa shape index (κ2) is 6.18. The van der Waals surface area contributed by atoms with Crippen LogP contribution in [0.3, 0.4) is 0 Å². The van der Waals surface area contributed by atoms with Gasteiger partial charge in [0.15, 0.2) is 0 Å². The summed E-state index contributed by atoms with van der Waals surface area (Å²) in [5, 5.41) is 12.2. The van der Waals surface area contributed by atoms with Crippen LogP contribution < -0.4 is 5.32 Å². The molecular weight excluding hydrogens is 228 g/mol. The monoisotopic (exact) mass is 250 g/mol. The van der Waals surface area contributed by atoms with Gasteiger partial charge >= 0.3 is 0 Å². The summed E-state index contributed by atoms with van der Waals surface area (Å²) in [6.45, 7) is 9.71. The second-order valence-electron chi connectivity index (χ2n) is 5.37. The fourth-order valence-corrected chi connectivity index (χ4v) is 2.60. The van der Waals surface area contributed by atoms with Gasteiger partial charge in [-0.1, -0.05) is 13.8 Å². The summed E-state index contributed by atoms with van der Waals surface area (Å²) < 4.78 is 0. The van der Waals surface area contributed by atoms with E-state index in [9.17, 15) is 0 Å². The van der Waals surface area contributed by atoms with Crippen LogP contribution in [0, 0.1) is 23.7 Å². The summed E-state index contributed by atoms with van der Waals surface area (Å²) in [5.41, 5.74) is 0.191. The van der Waals surface area contributed by atoms with E-state index in [0.29, 0.717) is 12.5 Å². The van der Waals surface area contributed by atoms with Crippen molar-refractivity contribution in [1.29, 1.82) is 5.26 Å². The van der Waals surface area contributed by atoms with Crippen LogP contribution in [0.15, 0.2) is 12.1 Å². The van der Waals surface area contributed by atoms with E-state index in [1.54, 1.807) is 0 Å². The molecule has 1 N–H and O–H groups in total. The third-order valence-electron chi connectivity index (χ3n) is 2.99. The van der Waals surface area contributed by atoms with Gasteiger partial charge in [-0.05, 0) is 37.8 Å². The Labute approximate surface area is 109 Å². The van der Waals surface area contributed by atoms with Gasteiger partial charge in [-0.15, -0.1) is 11.3 Å². The van der Waals surface area contributed by atoms with Crippen LogP contribution in [-0.2, 0) is 0 Å². The van der Waals surface area contributed by atoms with Crippen molar-refractivity contribution >= 4 is 11.3 Å². The van der Waals surface area contributed by atoms with Crippen molar-refractivity contribution in [1.82, 2.24) is 5.32 Å². The molecule has 17 heavy (non-hydrogen) atoms. The SMILES string of the molecule is Cc1ccc(C(C)NCC(C)(C)CCC#N)s1. The summed E-state index contributed by atoms with van der Waals surface area (Å²) in [4.78, 5) is 2.75. The Morgan fingerprint density at radius 3 is 2.71 bits per heavy atom. The predicted molar refractivity (Wildman–Crippen MR) is 74.1 cm³/mol. The molecule has 2 nitrogen and oxygen atoms in total. The smallest absolute Gasteiger partial charge is 0.0621 e. The molecule has 0 saturated heterocycles. The number of thiophene rings is 1. The first-order chi connectivity index (χ1) is 7.94. The van der Waals surface area contributed by atoms with Crippen molar-refractivity contribution in [3.63, 3.8) is 0 Å². The molecule has 1 unspecified atom stereocenters. The van der Waals surface area contributed by atoms with Crippen molar-refractivity contribution < 1.29 is 0 Å². The molecule has 1 aromatic rings. The first kappa shape index (κ1) is 14.2. The van der Waals surface area contributed by atoms with E-state index in [2.05, 4.69) is 51.2 Å². The third kappa shape index (κ3) is 4.89. The number of nitrogens with one attached hydrogen (secondary N) is 1. The lowest BCUT2D eigenvalue weighted by Gasteiger charge is -2.26.